The van der Waals surface area contributed by atoms with E-state index in [0.717, 1.165) is 46.7 Å². The van der Waals surface area contributed by atoms with Crippen molar-refractivity contribution in [3.63, 3.8) is 0 Å². The molecule has 4 aromatic rings. The van der Waals surface area contributed by atoms with E-state index >= 15 is 0 Å². The maximum atomic E-state index is 12.4. The van der Waals surface area contributed by atoms with Gasteiger partial charge in [0.25, 0.3) is 5.91 Å². The highest BCUT2D eigenvalue weighted by Crippen LogP contribution is 2.35. The van der Waals surface area contributed by atoms with E-state index in [1.165, 1.54) is 16.9 Å². The second-order valence-corrected chi connectivity index (χ2v) is 8.48. The van der Waals surface area contributed by atoms with Gasteiger partial charge in [-0.2, -0.15) is 0 Å². The second-order valence-electron chi connectivity index (χ2n) is 7.62. The monoisotopic (exact) mass is 443 g/mol. The number of ether oxygens (including phenoxy) is 1. The van der Waals surface area contributed by atoms with E-state index in [4.69, 9.17) is 4.74 Å². The van der Waals surface area contributed by atoms with Crippen LogP contribution in [0.25, 0.3) is 11.3 Å². The van der Waals surface area contributed by atoms with Gasteiger partial charge >= 0.3 is 0 Å². The molecule has 0 aliphatic rings. The maximum absolute atomic E-state index is 12.4. The van der Waals surface area contributed by atoms with Gasteiger partial charge in [-0.05, 0) is 67.3 Å². The molecule has 0 fully saturated rings. The van der Waals surface area contributed by atoms with Crippen LogP contribution in [0.4, 0.5) is 5.13 Å². The van der Waals surface area contributed by atoms with Crippen molar-refractivity contribution in [2.24, 2.45) is 0 Å². The third kappa shape index (κ3) is 4.86. The van der Waals surface area contributed by atoms with Crippen LogP contribution < -0.4 is 10.1 Å². The first-order valence-corrected chi connectivity index (χ1v) is 11.5. The number of hydrogen-bond donors (Lipinski definition) is 1. The molecule has 2 aromatic heterocycles. The van der Waals surface area contributed by atoms with E-state index in [2.05, 4.69) is 42.1 Å². The molecule has 0 unspecified atom stereocenters. The standard InChI is InChI=1S/C26H25N3O2S/c1-4-7-19-8-5-6-9-23(19)31-21-14-17(2)24(18(3)15-21)22-16-32-26(28-22)29-25(30)20-10-12-27-13-11-20/h5-6,8-16H,4,7H2,1-3H3,(H,28,29,30). The van der Waals surface area contributed by atoms with Crippen molar-refractivity contribution in [2.45, 2.75) is 33.6 Å². The average Bonchev–Trinajstić information content (AvgIpc) is 3.23. The number of pyridine rings is 1. The molecule has 0 saturated heterocycles. The lowest BCUT2D eigenvalue weighted by atomic mass is 10.00. The topological polar surface area (TPSA) is 64.1 Å². The van der Waals surface area contributed by atoms with Crippen LogP contribution in [0.15, 0.2) is 66.3 Å². The highest BCUT2D eigenvalue weighted by Gasteiger charge is 2.15. The van der Waals surface area contributed by atoms with Crippen LogP contribution in [-0.2, 0) is 6.42 Å². The Morgan fingerprint density at radius 3 is 2.50 bits per heavy atom. The van der Waals surface area contributed by atoms with Gasteiger partial charge in [-0.15, -0.1) is 11.3 Å². The zero-order valence-corrected chi connectivity index (χ0v) is 19.2. The third-order valence-electron chi connectivity index (χ3n) is 5.15. The molecule has 0 bridgehead atoms. The molecule has 0 atom stereocenters. The number of carbonyl (C=O) groups is 1. The van der Waals surface area contributed by atoms with Crippen LogP contribution in [0.5, 0.6) is 11.5 Å². The Kier molecular flexibility index (Phi) is 6.61. The summed E-state index contributed by atoms with van der Waals surface area (Å²) in [6.45, 7) is 6.28. The summed E-state index contributed by atoms with van der Waals surface area (Å²) in [7, 11) is 0. The van der Waals surface area contributed by atoms with Gasteiger partial charge in [0.05, 0.1) is 5.69 Å². The Balaban J connectivity index is 1.55. The Labute approximate surface area is 192 Å². The molecule has 0 aliphatic carbocycles. The van der Waals surface area contributed by atoms with E-state index in [1.807, 2.05) is 35.7 Å². The summed E-state index contributed by atoms with van der Waals surface area (Å²) < 4.78 is 6.24. The lowest BCUT2D eigenvalue weighted by Crippen LogP contribution is -2.11. The molecule has 0 aliphatic heterocycles. The largest absolute Gasteiger partial charge is 0.457 e. The highest BCUT2D eigenvalue weighted by atomic mass is 32.1. The number of anilines is 1. The number of thiazole rings is 1. The predicted molar refractivity (Wildman–Crippen MR) is 130 cm³/mol. The van der Waals surface area contributed by atoms with Crippen LogP contribution in [0, 0.1) is 13.8 Å². The normalized spacial score (nSPS) is 10.7. The van der Waals surface area contributed by atoms with Crippen LogP contribution in [0.1, 0.15) is 40.4 Å². The summed E-state index contributed by atoms with van der Waals surface area (Å²) in [5.41, 5.74) is 5.81. The van der Waals surface area contributed by atoms with E-state index < -0.39 is 0 Å². The molecule has 162 valence electrons. The van der Waals surface area contributed by atoms with Gasteiger partial charge in [0.1, 0.15) is 11.5 Å². The molecule has 1 amide bonds. The minimum Gasteiger partial charge on any atom is -0.457 e. The molecule has 4 rings (SSSR count). The Morgan fingerprint density at radius 2 is 1.78 bits per heavy atom. The van der Waals surface area contributed by atoms with Gasteiger partial charge in [-0.1, -0.05) is 31.5 Å². The van der Waals surface area contributed by atoms with Crippen molar-refractivity contribution in [3.05, 3.63) is 88.6 Å². The van der Waals surface area contributed by atoms with Crippen molar-refractivity contribution >= 4 is 22.4 Å². The molecule has 1 N–H and O–H groups in total. The van der Waals surface area contributed by atoms with Gasteiger partial charge in [0.2, 0.25) is 0 Å². The smallest absolute Gasteiger partial charge is 0.257 e. The Bertz CT molecular complexity index is 1210. The summed E-state index contributed by atoms with van der Waals surface area (Å²) in [5.74, 6) is 1.51. The number of aromatic nitrogens is 2. The van der Waals surface area contributed by atoms with E-state index in [9.17, 15) is 4.79 Å². The molecule has 0 saturated carbocycles. The van der Waals surface area contributed by atoms with Crippen molar-refractivity contribution < 1.29 is 9.53 Å². The lowest BCUT2D eigenvalue weighted by Gasteiger charge is -2.14. The molecule has 5 nitrogen and oxygen atoms in total. The number of amides is 1. The van der Waals surface area contributed by atoms with E-state index in [0.29, 0.717) is 10.7 Å². The molecule has 2 aromatic carbocycles. The van der Waals surface area contributed by atoms with Gasteiger partial charge in [0.15, 0.2) is 5.13 Å². The van der Waals surface area contributed by atoms with Gasteiger partial charge in [-0.3, -0.25) is 15.1 Å². The number of para-hydroxylation sites is 1. The number of hydrogen-bond acceptors (Lipinski definition) is 5. The first kappa shape index (κ1) is 21.7. The SMILES string of the molecule is CCCc1ccccc1Oc1cc(C)c(-c2csc(NC(=O)c3ccncc3)n2)c(C)c1. The van der Waals surface area contributed by atoms with Crippen molar-refractivity contribution in [1.29, 1.82) is 0 Å². The number of rotatable bonds is 7. The first-order valence-electron chi connectivity index (χ1n) is 10.6. The molecule has 0 radical (unpaired) electrons. The van der Waals surface area contributed by atoms with E-state index in [1.54, 1.807) is 24.5 Å². The van der Waals surface area contributed by atoms with E-state index in [-0.39, 0.29) is 5.91 Å². The molecule has 32 heavy (non-hydrogen) atoms. The zero-order valence-electron chi connectivity index (χ0n) is 18.4. The summed E-state index contributed by atoms with van der Waals surface area (Å²) in [6.07, 6.45) is 5.25. The van der Waals surface area contributed by atoms with Crippen LogP contribution in [-0.4, -0.2) is 15.9 Å². The van der Waals surface area contributed by atoms with Crippen molar-refractivity contribution in [3.8, 4) is 22.8 Å². The number of nitrogens with one attached hydrogen (secondary N) is 1. The zero-order chi connectivity index (χ0) is 22.5. The minimum absolute atomic E-state index is 0.198. The van der Waals surface area contributed by atoms with Gasteiger partial charge in [-0.25, -0.2) is 4.98 Å². The lowest BCUT2D eigenvalue weighted by molar-refractivity contribution is 0.102. The number of benzene rings is 2. The van der Waals surface area contributed by atoms with Gasteiger partial charge < -0.3 is 4.74 Å². The summed E-state index contributed by atoms with van der Waals surface area (Å²) in [4.78, 5) is 21.0. The maximum Gasteiger partial charge on any atom is 0.257 e. The minimum atomic E-state index is -0.198. The predicted octanol–water partition coefficient (Wildman–Crippen LogP) is 6.82. The molecular weight excluding hydrogens is 418 g/mol. The van der Waals surface area contributed by atoms with Crippen LogP contribution >= 0.6 is 11.3 Å². The average molecular weight is 444 g/mol. The number of carbonyl (C=O) groups excluding carboxylic acids is 1. The third-order valence-corrected chi connectivity index (χ3v) is 5.91. The van der Waals surface area contributed by atoms with Crippen molar-refractivity contribution in [2.75, 3.05) is 5.32 Å². The first-order chi connectivity index (χ1) is 15.5. The summed E-state index contributed by atoms with van der Waals surface area (Å²) in [6, 6.07) is 15.6. The molecular formula is C26H25N3O2S. The Hall–Kier alpha value is -3.51. The fraction of sp³-hybridized carbons (Fsp3) is 0.192. The fourth-order valence-electron chi connectivity index (χ4n) is 3.71. The molecule has 6 heteroatoms. The van der Waals surface area contributed by atoms with Crippen LogP contribution in [0.2, 0.25) is 0 Å². The molecule has 0 spiro atoms. The molecule has 2 heterocycles. The quantitative estimate of drug-likeness (QED) is 0.340. The second kappa shape index (κ2) is 9.75. The van der Waals surface area contributed by atoms with Gasteiger partial charge in [0, 0.05) is 28.9 Å². The number of nitrogens with zero attached hydrogens (tertiary/aromatic N) is 2. The summed E-state index contributed by atoms with van der Waals surface area (Å²) >= 11 is 1.41. The highest BCUT2D eigenvalue weighted by molar-refractivity contribution is 7.14. The number of aryl methyl sites for hydroxylation is 3. The fourth-order valence-corrected chi connectivity index (χ4v) is 4.41. The van der Waals surface area contributed by atoms with Crippen molar-refractivity contribution in [1.82, 2.24) is 9.97 Å². The van der Waals surface area contributed by atoms with Crippen LogP contribution in [0.3, 0.4) is 0 Å². The summed E-state index contributed by atoms with van der Waals surface area (Å²) in [5, 5.41) is 5.40. The Morgan fingerprint density at radius 1 is 1.06 bits per heavy atom.